The Balaban J connectivity index is 1.99. The van der Waals surface area contributed by atoms with E-state index < -0.39 is 11.4 Å². The minimum atomic E-state index is -0.808. The smallest absolute Gasteiger partial charge is 0.311 e. The lowest BCUT2D eigenvalue weighted by Crippen LogP contribution is -2.47. The van der Waals surface area contributed by atoms with Gasteiger partial charge in [0.2, 0.25) is 0 Å². The van der Waals surface area contributed by atoms with Crippen LogP contribution >= 0.6 is 0 Å². The summed E-state index contributed by atoms with van der Waals surface area (Å²) in [5.74, 6) is -1.01. The van der Waals surface area contributed by atoms with Crippen LogP contribution in [0.3, 0.4) is 0 Å². The Morgan fingerprint density at radius 2 is 1.76 bits per heavy atom. The molecule has 2 N–H and O–H groups in total. The first-order valence-electron chi connectivity index (χ1n) is 7.37. The van der Waals surface area contributed by atoms with Gasteiger partial charge in [-0.1, -0.05) is 39.3 Å². The van der Waals surface area contributed by atoms with Gasteiger partial charge in [0.1, 0.15) is 0 Å². The summed E-state index contributed by atoms with van der Waals surface area (Å²) in [4.78, 5) is 23.4. The molecule has 0 bridgehead atoms. The predicted molar refractivity (Wildman–Crippen MR) is 81.4 cm³/mol. The molecule has 1 aliphatic rings. The van der Waals surface area contributed by atoms with Crippen molar-refractivity contribution in [2.24, 2.45) is 5.41 Å². The van der Waals surface area contributed by atoms with Crippen molar-refractivity contribution in [2.45, 2.75) is 45.4 Å². The summed E-state index contributed by atoms with van der Waals surface area (Å²) in [6.07, 6.45) is 2.21. The molecule has 0 heterocycles. The number of amides is 1. The van der Waals surface area contributed by atoms with Gasteiger partial charge in [-0.05, 0) is 36.0 Å². The van der Waals surface area contributed by atoms with E-state index in [2.05, 4.69) is 26.1 Å². The van der Waals surface area contributed by atoms with Gasteiger partial charge >= 0.3 is 5.97 Å². The fourth-order valence-electron chi connectivity index (χ4n) is 2.54. The van der Waals surface area contributed by atoms with Crippen molar-refractivity contribution in [1.82, 2.24) is 5.32 Å². The Morgan fingerprint density at radius 3 is 2.14 bits per heavy atom. The van der Waals surface area contributed by atoms with Gasteiger partial charge in [-0.25, -0.2) is 0 Å². The first-order chi connectivity index (χ1) is 9.74. The largest absolute Gasteiger partial charge is 0.481 e. The third-order valence-electron chi connectivity index (χ3n) is 4.36. The van der Waals surface area contributed by atoms with Gasteiger partial charge in [0.25, 0.3) is 5.91 Å². The van der Waals surface area contributed by atoms with Crippen molar-refractivity contribution in [3.8, 4) is 0 Å². The third-order valence-corrected chi connectivity index (χ3v) is 4.36. The molecule has 1 aromatic rings. The van der Waals surface area contributed by atoms with Crippen LogP contribution in [0, 0.1) is 5.41 Å². The highest BCUT2D eigenvalue weighted by atomic mass is 16.4. The van der Waals surface area contributed by atoms with E-state index in [1.807, 2.05) is 12.1 Å². The van der Waals surface area contributed by atoms with Gasteiger partial charge < -0.3 is 10.4 Å². The molecule has 1 aliphatic carbocycles. The standard InChI is InChI=1S/C17H23NO3/c1-16(2,3)13-7-5-12(6-8-13)14(19)18-11-17(15(20)21)9-4-10-17/h5-8H,4,9-11H2,1-3H3,(H,18,19)(H,20,21). The Kier molecular flexibility index (Phi) is 4.08. The van der Waals surface area contributed by atoms with Crippen LogP contribution in [0.2, 0.25) is 0 Å². The van der Waals surface area contributed by atoms with Gasteiger partial charge in [0.15, 0.2) is 0 Å². The molecule has 1 fully saturated rings. The Morgan fingerprint density at radius 1 is 1.19 bits per heavy atom. The van der Waals surface area contributed by atoms with Crippen molar-refractivity contribution in [3.05, 3.63) is 35.4 Å². The first kappa shape index (κ1) is 15.5. The number of nitrogens with one attached hydrogen (secondary N) is 1. The van der Waals surface area contributed by atoms with E-state index in [0.717, 1.165) is 6.42 Å². The number of hydrogen-bond donors (Lipinski definition) is 2. The maximum Gasteiger partial charge on any atom is 0.311 e. The van der Waals surface area contributed by atoms with Gasteiger partial charge in [0, 0.05) is 12.1 Å². The number of carboxylic acid groups (broad SMARTS) is 1. The van der Waals surface area contributed by atoms with Crippen LogP contribution in [0.15, 0.2) is 24.3 Å². The average Bonchev–Trinajstić information content (AvgIpc) is 2.36. The lowest BCUT2D eigenvalue weighted by Gasteiger charge is -2.37. The molecule has 0 aromatic heterocycles. The lowest BCUT2D eigenvalue weighted by atomic mass is 9.69. The monoisotopic (exact) mass is 289 g/mol. The highest BCUT2D eigenvalue weighted by molar-refractivity contribution is 5.94. The van der Waals surface area contributed by atoms with Crippen molar-refractivity contribution in [1.29, 1.82) is 0 Å². The number of carbonyl (C=O) groups excluding carboxylic acids is 1. The van der Waals surface area contributed by atoms with Crippen LogP contribution in [-0.2, 0) is 10.2 Å². The molecule has 0 saturated heterocycles. The number of carbonyl (C=O) groups is 2. The minimum Gasteiger partial charge on any atom is -0.481 e. The van der Waals surface area contributed by atoms with Crippen LogP contribution in [-0.4, -0.2) is 23.5 Å². The molecule has 4 heteroatoms. The van der Waals surface area contributed by atoms with Crippen LogP contribution in [0.25, 0.3) is 0 Å². The van der Waals surface area contributed by atoms with Crippen molar-refractivity contribution >= 4 is 11.9 Å². The second-order valence-electron chi connectivity index (χ2n) is 6.95. The van der Waals surface area contributed by atoms with Crippen LogP contribution in [0.1, 0.15) is 56.0 Å². The molecule has 0 atom stereocenters. The summed E-state index contributed by atoms with van der Waals surface area (Å²) in [6, 6.07) is 7.49. The summed E-state index contributed by atoms with van der Waals surface area (Å²) >= 11 is 0. The molecule has 0 radical (unpaired) electrons. The van der Waals surface area contributed by atoms with Crippen molar-refractivity contribution < 1.29 is 14.7 Å². The van der Waals surface area contributed by atoms with E-state index in [4.69, 9.17) is 0 Å². The highest BCUT2D eigenvalue weighted by Crippen LogP contribution is 2.40. The maximum absolute atomic E-state index is 12.1. The van der Waals surface area contributed by atoms with E-state index in [1.54, 1.807) is 12.1 Å². The third kappa shape index (κ3) is 3.26. The van der Waals surface area contributed by atoms with Gasteiger partial charge in [-0.15, -0.1) is 0 Å². The topological polar surface area (TPSA) is 66.4 Å². The summed E-state index contributed by atoms with van der Waals surface area (Å²) in [5, 5.41) is 12.0. The van der Waals surface area contributed by atoms with E-state index in [-0.39, 0.29) is 17.9 Å². The summed E-state index contributed by atoms with van der Waals surface area (Å²) in [5.41, 5.74) is 1.04. The van der Waals surface area contributed by atoms with Crippen LogP contribution < -0.4 is 5.32 Å². The summed E-state index contributed by atoms with van der Waals surface area (Å²) in [6.45, 7) is 6.57. The van der Waals surface area contributed by atoms with E-state index in [9.17, 15) is 14.7 Å². The zero-order chi connectivity index (χ0) is 15.7. The molecule has 2 rings (SSSR count). The second kappa shape index (κ2) is 5.51. The summed E-state index contributed by atoms with van der Waals surface area (Å²) < 4.78 is 0. The fourth-order valence-corrected chi connectivity index (χ4v) is 2.54. The molecule has 1 aromatic carbocycles. The zero-order valence-corrected chi connectivity index (χ0v) is 12.9. The highest BCUT2D eigenvalue weighted by Gasteiger charge is 2.44. The van der Waals surface area contributed by atoms with Crippen molar-refractivity contribution in [2.75, 3.05) is 6.54 Å². The quantitative estimate of drug-likeness (QED) is 0.895. The van der Waals surface area contributed by atoms with Gasteiger partial charge in [-0.3, -0.25) is 9.59 Å². The molecular formula is C17H23NO3. The molecule has 0 aliphatic heterocycles. The summed E-state index contributed by atoms with van der Waals surface area (Å²) in [7, 11) is 0. The number of aliphatic carboxylic acids is 1. The molecule has 0 spiro atoms. The van der Waals surface area contributed by atoms with Crippen molar-refractivity contribution in [3.63, 3.8) is 0 Å². The molecule has 21 heavy (non-hydrogen) atoms. The number of rotatable bonds is 4. The van der Waals surface area contributed by atoms with Crippen LogP contribution in [0.5, 0.6) is 0 Å². The number of benzene rings is 1. The normalized spacial score (nSPS) is 16.9. The molecule has 114 valence electrons. The molecule has 4 nitrogen and oxygen atoms in total. The van der Waals surface area contributed by atoms with E-state index in [1.165, 1.54) is 5.56 Å². The van der Waals surface area contributed by atoms with E-state index in [0.29, 0.717) is 18.4 Å². The van der Waals surface area contributed by atoms with Gasteiger partial charge in [0.05, 0.1) is 5.41 Å². The molecule has 0 unspecified atom stereocenters. The van der Waals surface area contributed by atoms with Crippen LogP contribution in [0.4, 0.5) is 0 Å². The Labute approximate surface area is 125 Å². The molecular weight excluding hydrogens is 266 g/mol. The lowest BCUT2D eigenvalue weighted by molar-refractivity contribution is -0.153. The molecule has 1 amide bonds. The number of carboxylic acids is 1. The Bertz CT molecular complexity index is 536. The first-order valence-corrected chi connectivity index (χ1v) is 7.37. The van der Waals surface area contributed by atoms with E-state index >= 15 is 0 Å². The second-order valence-corrected chi connectivity index (χ2v) is 6.95. The molecule has 1 saturated carbocycles. The fraction of sp³-hybridized carbons (Fsp3) is 0.529. The van der Waals surface area contributed by atoms with Gasteiger partial charge in [-0.2, -0.15) is 0 Å². The number of hydrogen-bond acceptors (Lipinski definition) is 2. The predicted octanol–water partition coefficient (Wildman–Crippen LogP) is 2.97. The minimum absolute atomic E-state index is 0.0499. The zero-order valence-electron chi connectivity index (χ0n) is 12.9. The maximum atomic E-state index is 12.1. The SMILES string of the molecule is CC(C)(C)c1ccc(C(=O)NCC2(C(=O)O)CCC2)cc1. The average molecular weight is 289 g/mol. The Hall–Kier alpha value is -1.84.